The van der Waals surface area contributed by atoms with E-state index in [1.54, 1.807) is 20.8 Å². The van der Waals surface area contributed by atoms with Crippen LogP contribution in [0.3, 0.4) is 0 Å². The summed E-state index contributed by atoms with van der Waals surface area (Å²) >= 11 is 0. The smallest absolute Gasteiger partial charge is 0.359 e. The lowest BCUT2D eigenvalue weighted by Crippen LogP contribution is -2.24. The van der Waals surface area contributed by atoms with Crippen molar-refractivity contribution in [1.82, 2.24) is 9.78 Å². The van der Waals surface area contributed by atoms with Gasteiger partial charge in [-0.1, -0.05) is 19.6 Å². The minimum absolute atomic E-state index is 0.121. The normalized spacial score (nSPS) is 14.7. The van der Waals surface area contributed by atoms with Gasteiger partial charge in [0.1, 0.15) is 18.9 Å². The molecule has 0 aliphatic rings. The lowest BCUT2D eigenvalue weighted by Gasteiger charge is -2.18. The van der Waals surface area contributed by atoms with Crippen molar-refractivity contribution in [2.75, 3.05) is 12.9 Å². The maximum absolute atomic E-state index is 12.5. The van der Waals surface area contributed by atoms with Crippen molar-refractivity contribution in [3.8, 4) is 0 Å². The summed E-state index contributed by atoms with van der Waals surface area (Å²) in [6.07, 6.45) is 0.750. The second-order valence-corrected chi connectivity index (χ2v) is 15.8. The third kappa shape index (κ3) is 9.00. The summed E-state index contributed by atoms with van der Waals surface area (Å²) in [6, 6.07) is 0.883. The monoisotopic (exact) mass is 422 g/mol. The van der Waals surface area contributed by atoms with Crippen molar-refractivity contribution >= 4 is 24.2 Å². The van der Waals surface area contributed by atoms with E-state index in [0.717, 1.165) is 17.0 Å². The largest absolute Gasteiger partial charge is 0.455 e. The maximum Gasteiger partial charge on any atom is 0.359 e. The maximum atomic E-state index is 12.5. The van der Waals surface area contributed by atoms with E-state index < -0.39 is 36.3 Å². The fourth-order valence-corrected chi connectivity index (χ4v) is 2.93. The van der Waals surface area contributed by atoms with Crippen LogP contribution in [0.4, 0.5) is 0 Å². The van der Waals surface area contributed by atoms with E-state index in [1.165, 1.54) is 6.92 Å². The van der Waals surface area contributed by atoms with Gasteiger partial charge in [0.25, 0.3) is 10.1 Å². The van der Waals surface area contributed by atoms with Crippen molar-refractivity contribution in [2.45, 2.75) is 72.3 Å². The molecule has 0 radical (unpaired) electrons. The predicted molar refractivity (Wildman–Crippen MR) is 106 cm³/mol. The molecule has 156 valence electrons. The van der Waals surface area contributed by atoms with E-state index >= 15 is 0 Å². The van der Waals surface area contributed by atoms with Crippen molar-refractivity contribution in [2.24, 2.45) is 0 Å². The van der Waals surface area contributed by atoms with Gasteiger partial charge in [0.2, 0.25) is 0 Å². The zero-order chi connectivity index (χ0) is 22.8. The van der Waals surface area contributed by atoms with Crippen LogP contribution >= 0.6 is 0 Å². The Kier molecular flexibility index (Phi) is 6.72. The first-order valence-electron chi connectivity index (χ1n) is 9.62. The summed E-state index contributed by atoms with van der Waals surface area (Å²) in [6.45, 7) is 10.7. The molecule has 0 aromatic carbocycles. The third-order valence-electron chi connectivity index (χ3n) is 3.28. The van der Waals surface area contributed by atoms with Gasteiger partial charge in [-0.05, 0) is 33.7 Å². The number of carbonyl (C=O) groups excluding carboxylic acids is 1. The minimum atomic E-state index is -4.12. The van der Waals surface area contributed by atoms with Crippen molar-refractivity contribution < 1.29 is 29.6 Å². The highest BCUT2D eigenvalue weighted by molar-refractivity contribution is 7.85. The van der Waals surface area contributed by atoms with Crippen LogP contribution in [0.15, 0.2) is 0 Å². The van der Waals surface area contributed by atoms with Crippen LogP contribution in [0.5, 0.6) is 0 Å². The fraction of sp³-hybridized carbons (Fsp3) is 0.765. The SMILES string of the molecule is [2H]C([2H])(OS(C)(=O)=O)c1c(C)c(C(=O)OC(C)(C)C)nn1COCC[Si](C)(C)C. The number of rotatable bonds is 9. The number of hydrogen-bond acceptors (Lipinski definition) is 7. The molecule has 0 bridgehead atoms. The highest BCUT2D eigenvalue weighted by Gasteiger charge is 2.26. The highest BCUT2D eigenvalue weighted by Crippen LogP contribution is 2.19. The van der Waals surface area contributed by atoms with E-state index in [9.17, 15) is 13.2 Å². The molecule has 0 atom stereocenters. The van der Waals surface area contributed by atoms with E-state index in [4.69, 9.17) is 12.2 Å². The zero-order valence-electron chi connectivity index (χ0n) is 19.4. The molecule has 0 aliphatic heterocycles. The van der Waals surface area contributed by atoms with Gasteiger partial charge in [-0.3, -0.25) is 4.18 Å². The van der Waals surface area contributed by atoms with Gasteiger partial charge in [-0.2, -0.15) is 13.5 Å². The quantitative estimate of drug-likeness (QED) is 0.261. The van der Waals surface area contributed by atoms with Gasteiger partial charge in [0.05, 0.1) is 14.7 Å². The molecule has 1 heterocycles. The Labute approximate surface area is 166 Å². The molecule has 10 heteroatoms. The minimum Gasteiger partial charge on any atom is -0.455 e. The van der Waals surface area contributed by atoms with Crippen molar-refractivity contribution in [3.63, 3.8) is 0 Å². The molecule has 27 heavy (non-hydrogen) atoms. The molecule has 0 saturated carbocycles. The summed E-state index contributed by atoms with van der Waals surface area (Å²) in [7, 11) is -5.45. The van der Waals surface area contributed by atoms with Gasteiger partial charge in [-0.15, -0.1) is 0 Å². The second-order valence-electron chi connectivity index (χ2n) is 8.56. The number of ether oxygens (including phenoxy) is 2. The van der Waals surface area contributed by atoms with Crippen LogP contribution in [-0.4, -0.2) is 50.7 Å². The second kappa shape index (κ2) is 8.85. The fourth-order valence-electron chi connectivity index (χ4n) is 1.94. The lowest BCUT2D eigenvalue weighted by atomic mass is 10.1. The van der Waals surface area contributed by atoms with Crippen molar-refractivity contribution in [1.29, 1.82) is 0 Å². The number of esters is 1. The molecule has 0 fully saturated rings. The lowest BCUT2D eigenvalue weighted by molar-refractivity contribution is 0.00588. The van der Waals surface area contributed by atoms with Crippen LogP contribution < -0.4 is 0 Å². The number of nitrogens with zero attached hydrogens (tertiary/aromatic N) is 2. The predicted octanol–water partition coefficient (Wildman–Crippen LogP) is 2.94. The van der Waals surface area contributed by atoms with Crippen LogP contribution in [0, 0.1) is 6.92 Å². The summed E-state index contributed by atoms with van der Waals surface area (Å²) in [5.41, 5.74) is -0.980. The molecular weight excluding hydrogens is 388 g/mol. The number of hydrogen-bond donors (Lipinski definition) is 0. The van der Waals surface area contributed by atoms with Gasteiger partial charge in [0, 0.05) is 20.2 Å². The molecule has 8 nitrogen and oxygen atoms in total. The molecule has 0 N–H and O–H groups in total. The standard InChI is InChI=1S/C17H32N2O6SSi/c1-13-14(11-24-26(5,21)22)19(12-23-9-10-27(6,7)8)18-15(13)16(20)25-17(2,3)4/h9-12H2,1-8H3/i11D2. The van der Waals surface area contributed by atoms with E-state index in [1.807, 2.05) is 0 Å². The number of carbonyl (C=O) groups is 1. The Balaban J connectivity index is 3.29. The van der Waals surface area contributed by atoms with E-state index in [-0.39, 0.29) is 23.7 Å². The number of aromatic nitrogens is 2. The average molecular weight is 423 g/mol. The molecule has 1 aromatic heterocycles. The summed E-state index contributed by atoms with van der Waals surface area (Å²) in [5.74, 6) is -0.743. The Morgan fingerprint density at radius 3 is 2.37 bits per heavy atom. The van der Waals surface area contributed by atoms with Crippen LogP contribution in [0.25, 0.3) is 0 Å². The van der Waals surface area contributed by atoms with Crippen molar-refractivity contribution in [3.05, 3.63) is 17.0 Å². The zero-order valence-corrected chi connectivity index (χ0v) is 19.2. The molecular formula is C17H32N2O6SSi. The third-order valence-corrected chi connectivity index (χ3v) is 5.37. The van der Waals surface area contributed by atoms with E-state index in [2.05, 4.69) is 28.9 Å². The Morgan fingerprint density at radius 1 is 1.30 bits per heavy atom. The molecule has 0 amide bonds. The Morgan fingerprint density at radius 2 is 1.89 bits per heavy atom. The molecule has 1 aromatic rings. The molecule has 0 saturated heterocycles. The molecule has 0 aliphatic carbocycles. The van der Waals surface area contributed by atoms with Gasteiger partial charge >= 0.3 is 5.97 Å². The Bertz CT molecular complexity index is 841. The van der Waals surface area contributed by atoms with Crippen LogP contribution in [-0.2, 0) is 37.1 Å². The Hall–Kier alpha value is -1.23. The first-order valence-corrected chi connectivity index (χ1v) is 14.1. The molecule has 0 spiro atoms. The van der Waals surface area contributed by atoms with Crippen LogP contribution in [0.2, 0.25) is 25.7 Å². The summed E-state index contributed by atoms with van der Waals surface area (Å²) in [4.78, 5) is 12.5. The molecule has 1 rings (SSSR count). The van der Waals surface area contributed by atoms with E-state index in [0.29, 0.717) is 6.61 Å². The van der Waals surface area contributed by atoms with Crippen LogP contribution in [0.1, 0.15) is 45.3 Å². The topological polar surface area (TPSA) is 96.7 Å². The summed E-state index contributed by atoms with van der Waals surface area (Å²) < 4.78 is 56.0. The van der Waals surface area contributed by atoms with Gasteiger partial charge in [-0.25, -0.2) is 9.48 Å². The van der Waals surface area contributed by atoms with Gasteiger partial charge in [0.15, 0.2) is 5.69 Å². The average Bonchev–Trinajstić information content (AvgIpc) is 2.75. The molecule has 0 unspecified atom stereocenters. The first-order chi connectivity index (χ1) is 12.8. The highest BCUT2D eigenvalue weighted by atomic mass is 32.2. The van der Waals surface area contributed by atoms with Gasteiger partial charge < -0.3 is 9.47 Å². The summed E-state index contributed by atoms with van der Waals surface area (Å²) in [5, 5.41) is 4.14. The first kappa shape index (κ1) is 20.5.